The van der Waals surface area contributed by atoms with Gasteiger partial charge < -0.3 is 14.5 Å². The Bertz CT molecular complexity index is 852. The van der Waals surface area contributed by atoms with Crippen molar-refractivity contribution in [3.63, 3.8) is 0 Å². The number of carboxylic acids is 1. The number of likely N-dealkylation sites (tertiary alicyclic amines) is 1. The third-order valence-corrected chi connectivity index (χ3v) is 5.03. The van der Waals surface area contributed by atoms with Crippen LogP contribution in [0.15, 0.2) is 28.8 Å². The van der Waals surface area contributed by atoms with Crippen molar-refractivity contribution in [2.24, 2.45) is 11.8 Å². The van der Waals surface area contributed by atoms with Gasteiger partial charge in [-0.1, -0.05) is 17.3 Å². The summed E-state index contributed by atoms with van der Waals surface area (Å²) in [5.41, 5.74) is 0.533. The Morgan fingerprint density at radius 1 is 1.31 bits per heavy atom. The fourth-order valence-electron chi connectivity index (χ4n) is 3.50. The van der Waals surface area contributed by atoms with E-state index in [2.05, 4.69) is 10.1 Å². The highest BCUT2D eigenvalue weighted by Gasteiger charge is 2.50. The number of benzene rings is 1. The normalized spacial score (nSPS) is 25.1. The van der Waals surface area contributed by atoms with Gasteiger partial charge in [-0.15, -0.1) is 0 Å². The molecule has 1 amide bonds. The van der Waals surface area contributed by atoms with Crippen LogP contribution in [-0.2, 0) is 9.59 Å². The highest BCUT2D eigenvalue weighted by molar-refractivity contribution is 5.89. The van der Waals surface area contributed by atoms with Gasteiger partial charge in [0.25, 0.3) is 0 Å². The number of nitrogens with zero attached hydrogens (tertiary/aromatic N) is 3. The third kappa shape index (κ3) is 3.18. The molecule has 1 saturated heterocycles. The lowest BCUT2D eigenvalue weighted by Gasteiger charge is -2.31. The van der Waals surface area contributed by atoms with Crippen molar-refractivity contribution < 1.29 is 23.6 Å². The predicted molar refractivity (Wildman–Crippen MR) is 87.5 cm³/mol. The summed E-state index contributed by atoms with van der Waals surface area (Å²) in [7, 11) is 0. The minimum Gasteiger partial charge on any atom is -0.481 e. The van der Waals surface area contributed by atoms with E-state index in [0.717, 1.165) is 12.8 Å². The summed E-state index contributed by atoms with van der Waals surface area (Å²) in [4.78, 5) is 29.5. The maximum atomic E-state index is 13.4. The highest BCUT2D eigenvalue weighted by Crippen LogP contribution is 2.41. The van der Waals surface area contributed by atoms with Crippen LogP contribution in [-0.4, -0.2) is 45.1 Å². The second-order valence-corrected chi connectivity index (χ2v) is 6.88. The molecule has 1 aliphatic heterocycles. The van der Waals surface area contributed by atoms with Gasteiger partial charge in [0.2, 0.25) is 17.6 Å². The van der Waals surface area contributed by atoms with E-state index in [1.165, 1.54) is 12.1 Å². The van der Waals surface area contributed by atoms with E-state index in [0.29, 0.717) is 36.8 Å². The number of carboxylic acid groups (broad SMARTS) is 1. The van der Waals surface area contributed by atoms with Crippen molar-refractivity contribution in [3.8, 4) is 11.4 Å². The van der Waals surface area contributed by atoms with Crippen LogP contribution in [0.5, 0.6) is 0 Å². The summed E-state index contributed by atoms with van der Waals surface area (Å²) in [5.74, 6) is -1.70. The maximum absolute atomic E-state index is 13.4. The summed E-state index contributed by atoms with van der Waals surface area (Å²) in [6, 6.07) is 5.96. The molecule has 8 heteroatoms. The molecule has 3 atom stereocenters. The monoisotopic (exact) mass is 359 g/mol. The summed E-state index contributed by atoms with van der Waals surface area (Å²) in [6.45, 7) is 1.05. The van der Waals surface area contributed by atoms with E-state index >= 15 is 0 Å². The Balaban J connectivity index is 1.45. The molecule has 0 radical (unpaired) electrons. The molecule has 0 bridgehead atoms. The molecule has 1 aromatic carbocycles. The van der Waals surface area contributed by atoms with Gasteiger partial charge in [0.15, 0.2) is 0 Å². The number of rotatable bonds is 4. The SMILES string of the molecule is O=C(O)[C@@H]1C[C@H]1C(=O)N1CCC[C@H](c2nc(-c3cccc(F)c3)no2)C1. The molecule has 4 rings (SSSR count). The van der Waals surface area contributed by atoms with Crippen LogP contribution < -0.4 is 0 Å². The second-order valence-electron chi connectivity index (χ2n) is 6.88. The van der Waals surface area contributed by atoms with Crippen LogP contribution in [0.1, 0.15) is 31.1 Å². The molecule has 2 fully saturated rings. The van der Waals surface area contributed by atoms with Crippen molar-refractivity contribution >= 4 is 11.9 Å². The van der Waals surface area contributed by atoms with Crippen LogP contribution in [0.25, 0.3) is 11.4 Å². The van der Waals surface area contributed by atoms with Crippen LogP contribution in [0.2, 0.25) is 0 Å². The minimum absolute atomic E-state index is 0.0930. The molecule has 0 spiro atoms. The zero-order valence-corrected chi connectivity index (χ0v) is 14.0. The topological polar surface area (TPSA) is 96.5 Å². The Kier molecular flexibility index (Phi) is 4.18. The number of carbonyl (C=O) groups is 2. The first kappa shape index (κ1) is 16.7. The minimum atomic E-state index is -0.909. The van der Waals surface area contributed by atoms with Gasteiger partial charge in [0, 0.05) is 18.7 Å². The van der Waals surface area contributed by atoms with Crippen LogP contribution in [0.4, 0.5) is 4.39 Å². The Labute approximate surface area is 148 Å². The van der Waals surface area contributed by atoms with Gasteiger partial charge in [-0.3, -0.25) is 9.59 Å². The van der Waals surface area contributed by atoms with E-state index in [-0.39, 0.29) is 17.6 Å². The van der Waals surface area contributed by atoms with E-state index in [4.69, 9.17) is 9.63 Å². The number of hydrogen-bond acceptors (Lipinski definition) is 5. The first-order valence-electron chi connectivity index (χ1n) is 8.64. The molecule has 2 aliphatic rings. The van der Waals surface area contributed by atoms with Gasteiger partial charge in [-0.2, -0.15) is 4.98 Å². The van der Waals surface area contributed by atoms with E-state index in [9.17, 15) is 14.0 Å². The van der Waals surface area contributed by atoms with Crippen molar-refractivity contribution in [1.29, 1.82) is 0 Å². The smallest absolute Gasteiger partial charge is 0.307 e. The Morgan fingerprint density at radius 3 is 2.88 bits per heavy atom. The van der Waals surface area contributed by atoms with Gasteiger partial charge in [-0.25, -0.2) is 4.39 Å². The largest absolute Gasteiger partial charge is 0.481 e. The second kappa shape index (κ2) is 6.51. The number of piperidine rings is 1. The summed E-state index contributed by atoms with van der Waals surface area (Å²) in [5, 5.41) is 12.9. The van der Waals surface area contributed by atoms with Gasteiger partial charge >= 0.3 is 5.97 Å². The lowest BCUT2D eigenvalue weighted by molar-refractivity contribution is -0.142. The number of carbonyl (C=O) groups excluding carboxylic acids is 1. The molecule has 1 saturated carbocycles. The lowest BCUT2D eigenvalue weighted by Crippen LogP contribution is -2.40. The van der Waals surface area contributed by atoms with Gasteiger partial charge in [-0.05, 0) is 31.4 Å². The van der Waals surface area contributed by atoms with Crippen LogP contribution in [0.3, 0.4) is 0 Å². The number of aliphatic carboxylic acids is 1. The Hall–Kier alpha value is -2.77. The molecule has 136 valence electrons. The summed E-state index contributed by atoms with van der Waals surface area (Å²) in [6.07, 6.45) is 2.01. The van der Waals surface area contributed by atoms with Crippen LogP contribution >= 0.6 is 0 Å². The maximum Gasteiger partial charge on any atom is 0.307 e. The predicted octanol–water partition coefficient (Wildman–Crippen LogP) is 2.30. The molecular weight excluding hydrogens is 341 g/mol. The molecule has 7 nitrogen and oxygen atoms in total. The average molecular weight is 359 g/mol. The lowest BCUT2D eigenvalue weighted by atomic mass is 9.97. The van der Waals surface area contributed by atoms with Crippen LogP contribution in [0, 0.1) is 17.7 Å². The first-order chi connectivity index (χ1) is 12.5. The summed E-state index contributed by atoms with van der Waals surface area (Å²) < 4.78 is 18.7. The quantitative estimate of drug-likeness (QED) is 0.900. The molecule has 2 heterocycles. The van der Waals surface area contributed by atoms with E-state index < -0.39 is 17.8 Å². The number of aromatic nitrogens is 2. The van der Waals surface area contributed by atoms with Gasteiger partial charge in [0.1, 0.15) is 5.82 Å². The highest BCUT2D eigenvalue weighted by atomic mass is 19.1. The number of amides is 1. The molecular formula is C18H18FN3O4. The fraction of sp³-hybridized carbons (Fsp3) is 0.444. The number of hydrogen-bond donors (Lipinski definition) is 1. The number of halogens is 1. The summed E-state index contributed by atoms with van der Waals surface area (Å²) >= 11 is 0. The molecule has 1 aromatic heterocycles. The standard InChI is InChI=1S/C18H18FN3O4/c19-12-5-1-3-10(7-12)15-20-16(26-21-15)11-4-2-6-22(9-11)17(23)13-8-14(13)18(24)25/h1,3,5,7,11,13-14H,2,4,6,8-9H2,(H,24,25)/t11-,13+,14+/m0/s1. The van der Waals surface area contributed by atoms with Gasteiger partial charge in [0.05, 0.1) is 17.8 Å². The molecule has 26 heavy (non-hydrogen) atoms. The van der Waals surface area contributed by atoms with Crippen molar-refractivity contribution in [2.75, 3.05) is 13.1 Å². The molecule has 0 unspecified atom stereocenters. The first-order valence-corrected chi connectivity index (χ1v) is 8.64. The van der Waals surface area contributed by atoms with Crippen molar-refractivity contribution in [2.45, 2.75) is 25.2 Å². The zero-order valence-electron chi connectivity index (χ0n) is 14.0. The third-order valence-electron chi connectivity index (χ3n) is 5.03. The molecule has 2 aromatic rings. The van der Waals surface area contributed by atoms with Crippen molar-refractivity contribution in [1.82, 2.24) is 15.0 Å². The molecule has 1 N–H and O–H groups in total. The average Bonchev–Trinajstić information content (AvgIpc) is 3.30. The fourth-order valence-corrected chi connectivity index (χ4v) is 3.50. The van der Waals surface area contributed by atoms with E-state index in [1.54, 1.807) is 17.0 Å². The van der Waals surface area contributed by atoms with Crippen molar-refractivity contribution in [3.05, 3.63) is 36.0 Å². The van der Waals surface area contributed by atoms with E-state index in [1.807, 2.05) is 0 Å². The molecule has 1 aliphatic carbocycles. The zero-order chi connectivity index (χ0) is 18.3. The Morgan fingerprint density at radius 2 is 2.15 bits per heavy atom.